The molecule has 0 aliphatic heterocycles. The van der Waals surface area contributed by atoms with Crippen molar-refractivity contribution in [2.24, 2.45) is 0 Å². The van der Waals surface area contributed by atoms with Crippen LogP contribution in [0.3, 0.4) is 0 Å². The Morgan fingerprint density at radius 1 is 1.11 bits per heavy atom. The maximum Gasteiger partial charge on any atom is 0.266 e. The summed E-state index contributed by atoms with van der Waals surface area (Å²) < 4.78 is 6.97. The number of carbonyl (C=O) groups is 1. The number of hydrogen-bond acceptors (Lipinski definition) is 5. The zero-order valence-electron chi connectivity index (χ0n) is 19.9. The van der Waals surface area contributed by atoms with Crippen molar-refractivity contribution in [3.05, 3.63) is 93.2 Å². The van der Waals surface area contributed by atoms with Crippen LogP contribution in [0.1, 0.15) is 41.6 Å². The van der Waals surface area contributed by atoms with E-state index in [0.29, 0.717) is 43.8 Å². The molecule has 1 fully saturated rings. The highest BCUT2D eigenvalue weighted by Gasteiger charge is 2.20. The molecule has 1 N–H and O–H groups in total. The summed E-state index contributed by atoms with van der Waals surface area (Å²) in [4.78, 5) is 31.4. The van der Waals surface area contributed by atoms with Crippen LogP contribution in [0.25, 0.3) is 16.6 Å². The number of methoxy groups -OCH3 is 1. The van der Waals surface area contributed by atoms with E-state index in [2.05, 4.69) is 5.32 Å². The van der Waals surface area contributed by atoms with E-state index >= 15 is 0 Å². The average molecular weight is 520 g/mol. The van der Waals surface area contributed by atoms with Gasteiger partial charge in [-0.05, 0) is 54.8 Å². The molecule has 1 saturated carbocycles. The van der Waals surface area contributed by atoms with Gasteiger partial charge in [0, 0.05) is 28.4 Å². The second-order valence-corrected chi connectivity index (χ2v) is 10.2. The number of benzene rings is 3. The number of nitrogens with one attached hydrogen (secondary N) is 1. The molecule has 0 unspecified atom stereocenters. The van der Waals surface area contributed by atoms with Crippen molar-refractivity contribution in [1.82, 2.24) is 14.9 Å². The van der Waals surface area contributed by atoms with E-state index in [1.807, 2.05) is 42.5 Å². The summed E-state index contributed by atoms with van der Waals surface area (Å²) >= 11 is 7.79. The molecule has 0 atom stereocenters. The van der Waals surface area contributed by atoms with Gasteiger partial charge in [0.15, 0.2) is 5.16 Å². The Morgan fingerprint density at radius 3 is 2.69 bits per heavy atom. The number of ether oxygens (including phenoxy) is 1. The SMILES string of the molecule is COc1cccc(-n2c(SCc3ccccc3Cl)nc3cc(C(=O)NC4CCCC4)ccc3c2=O)c1. The third-order valence-corrected chi connectivity index (χ3v) is 7.77. The lowest BCUT2D eigenvalue weighted by molar-refractivity contribution is 0.0938. The van der Waals surface area contributed by atoms with Crippen LogP contribution >= 0.6 is 23.4 Å². The number of nitrogens with zero attached hydrogens (tertiary/aromatic N) is 2. The van der Waals surface area contributed by atoms with Crippen molar-refractivity contribution in [3.8, 4) is 11.4 Å². The molecule has 5 rings (SSSR count). The Bertz CT molecular complexity index is 1480. The Kier molecular flexibility index (Phi) is 7.30. The minimum atomic E-state index is -0.210. The monoisotopic (exact) mass is 519 g/mol. The Labute approximate surface area is 218 Å². The molecule has 1 aliphatic carbocycles. The Hall–Kier alpha value is -3.29. The molecular formula is C28H26ClN3O3S. The van der Waals surface area contributed by atoms with Gasteiger partial charge in [0.1, 0.15) is 5.75 Å². The van der Waals surface area contributed by atoms with Crippen LogP contribution in [-0.2, 0) is 5.75 Å². The Morgan fingerprint density at radius 2 is 1.92 bits per heavy atom. The molecule has 184 valence electrons. The normalized spacial score (nSPS) is 13.7. The van der Waals surface area contributed by atoms with E-state index in [-0.39, 0.29) is 17.5 Å². The van der Waals surface area contributed by atoms with Crippen LogP contribution in [-0.4, -0.2) is 28.6 Å². The number of rotatable bonds is 7. The van der Waals surface area contributed by atoms with Crippen molar-refractivity contribution >= 4 is 40.2 Å². The fourth-order valence-electron chi connectivity index (χ4n) is 4.48. The van der Waals surface area contributed by atoms with Crippen molar-refractivity contribution in [3.63, 3.8) is 0 Å². The smallest absolute Gasteiger partial charge is 0.266 e. The second-order valence-electron chi connectivity index (χ2n) is 8.80. The van der Waals surface area contributed by atoms with Crippen molar-refractivity contribution in [2.45, 2.75) is 42.6 Å². The summed E-state index contributed by atoms with van der Waals surface area (Å²) in [6.07, 6.45) is 4.29. The van der Waals surface area contributed by atoms with E-state index in [0.717, 1.165) is 31.2 Å². The lowest BCUT2D eigenvalue weighted by atomic mass is 10.1. The molecule has 0 spiro atoms. The van der Waals surface area contributed by atoms with Gasteiger partial charge in [-0.2, -0.15) is 0 Å². The number of fused-ring (bicyclic) bond motifs is 1. The highest BCUT2D eigenvalue weighted by atomic mass is 35.5. The fourth-order valence-corrected chi connectivity index (χ4v) is 5.78. The lowest BCUT2D eigenvalue weighted by Gasteiger charge is -2.15. The number of hydrogen-bond donors (Lipinski definition) is 1. The third-order valence-electron chi connectivity index (χ3n) is 6.42. The topological polar surface area (TPSA) is 73.2 Å². The quantitative estimate of drug-likeness (QED) is 0.239. The first-order valence-electron chi connectivity index (χ1n) is 11.9. The van der Waals surface area contributed by atoms with Gasteiger partial charge in [-0.3, -0.25) is 14.2 Å². The first kappa shape index (κ1) is 24.4. The van der Waals surface area contributed by atoms with E-state index < -0.39 is 0 Å². The van der Waals surface area contributed by atoms with Gasteiger partial charge in [0.05, 0.1) is 23.7 Å². The lowest BCUT2D eigenvalue weighted by Crippen LogP contribution is -2.32. The van der Waals surface area contributed by atoms with Crippen LogP contribution in [0.15, 0.2) is 76.7 Å². The number of thioether (sulfide) groups is 1. The maximum atomic E-state index is 13.7. The molecule has 0 bridgehead atoms. The van der Waals surface area contributed by atoms with Crippen LogP contribution in [0, 0.1) is 0 Å². The molecule has 3 aromatic carbocycles. The molecular weight excluding hydrogens is 494 g/mol. The summed E-state index contributed by atoms with van der Waals surface area (Å²) in [5.74, 6) is 1.04. The van der Waals surface area contributed by atoms with Gasteiger partial charge < -0.3 is 10.1 Å². The van der Waals surface area contributed by atoms with Crippen molar-refractivity contribution in [1.29, 1.82) is 0 Å². The third kappa shape index (κ3) is 5.13. The molecule has 6 nitrogen and oxygen atoms in total. The maximum absolute atomic E-state index is 13.7. The van der Waals surface area contributed by atoms with E-state index in [4.69, 9.17) is 21.3 Å². The number of halogens is 1. The molecule has 1 aliphatic rings. The van der Waals surface area contributed by atoms with Crippen LogP contribution < -0.4 is 15.6 Å². The van der Waals surface area contributed by atoms with Gasteiger partial charge >= 0.3 is 0 Å². The minimum absolute atomic E-state index is 0.132. The average Bonchev–Trinajstić information content (AvgIpc) is 3.41. The van der Waals surface area contributed by atoms with Gasteiger partial charge in [-0.1, -0.05) is 60.5 Å². The second kappa shape index (κ2) is 10.8. The standard InChI is InChI=1S/C28H26ClN3O3S/c1-35-22-11-6-10-21(16-22)32-27(34)23-14-13-18(26(33)30-20-8-3-4-9-20)15-25(23)31-28(32)36-17-19-7-2-5-12-24(19)29/h2,5-7,10-16,20H,3-4,8-9,17H2,1H3,(H,30,33). The molecule has 4 aromatic rings. The zero-order valence-corrected chi connectivity index (χ0v) is 21.4. The Balaban J connectivity index is 1.58. The summed E-state index contributed by atoms with van der Waals surface area (Å²) in [5, 5.41) is 4.72. The number of aromatic nitrogens is 2. The van der Waals surface area contributed by atoms with E-state index in [1.165, 1.54) is 11.8 Å². The van der Waals surface area contributed by atoms with Crippen LogP contribution in [0.5, 0.6) is 5.75 Å². The fraction of sp³-hybridized carbons (Fsp3) is 0.250. The zero-order chi connectivity index (χ0) is 25.1. The number of carbonyl (C=O) groups excluding carboxylic acids is 1. The predicted molar refractivity (Wildman–Crippen MR) is 145 cm³/mol. The summed E-state index contributed by atoms with van der Waals surface area (Å²) in [7, 11) is 1.59. The predicted octanol–water partition coefficient (Wildman–Crippen LogP) is 6.01. The van der Waals surface area contributed by atoms with Crippen LogP contribution in [0.4, 0.5) is 0 Å². The van der Waals surface area contributed by atoms with E-state index in [1.54, 1.807) is 35.9 Å². The molecule has 1 aromatic heterocycles. The summed E-state index contributed by atoms with van der Waals surface area (Å²) in [5.41, 5.74) is 2.37. The summed E-state index contributed by atoms with van der Waals surface area (Å²) in [6, 6.07) is 20.2. The highest BCUT2D eigenvalue weighted by molar-refractivity contribution is 7.98. The van der Waals surface area contributed by atoms with Gasteiger partial charge in [0.25, 0.3) is 11.5 Å². The van der Waals surface area contributed by atoms with Crippen molar-refractivity contribution < 1.29 is 9.53 Å². The van der Waals surface area contributed by atoms with Gasteiger partial charge in [-0.15, -0.1) is 0 Å². The molecule has 36 heavy (non-hydrogen) atoms. The summed E-state index contributed by atoms with van der Waals surface area (Å²) in [6.45, 7) is 0. The minimum Gasteiger partial charge on any atom is -0.497 e. The molecule has 1 amide bonds. The van der Waals surface area contributed by atoms with E-state index in [9.17, 15) is 9.59 Å². The van der Waals surface area contributed by atoms with Crippen molar-refractivity contribution in [2.75, 3.05) is 7.11 Å². The van der Waals surface area contributed by atoms with Gasteiger partial charge in [0.2, 0.25) is 0 Å². The van der Waals surface area contributed by atoms with Crippen LogP contribution in [0.2, 0.25) is 5.02 Å². The van der Waals surface area contributed by atoms with Gasteiger partial charge in [-0.25, -0.2) is 4.98 Å². The highest BCUT2D eigenvalue weighted by Crippen LogP contribution is 2.29. The molecule has 1 heterocycles. The molecule has 0 saturated heterocycles. The molecule has 8 heteroatoms. The largest absolute Gasteiger partial charge is 0.497 e. The molecule has 0 radical (unpaired) electrons. The first-order valence-corrected chi connectivity index (χ1v) is 13.3. The number of amides is 1. The first-order chi connectivity index (χ1) is 17.5.